The van der Waals surface area contributed by atoms with Crippen LogP contribution < -0.4 is 5.73 Å². The van der Waals surface area contributed by atoms with Crippen LogP contribution in [0.5, 0.6) is 0 Å². The number of para-hydroxylation sites is 1. The zero-order valence-electron chi connectivity index (χ0n) is 13.0. The van der Waals surface area contributed by atoms with E-state index in [1.54, 1.807) is 0 Å². The number of nitrogens with two attached hydrogens (primary N) is 1. The van der Waals surface area contributed by atoms with E-state index in [9.17, 15) is 9.59 Å². The molecule has 0 aliphatic rings. The molecule has 1 atom stereocenters. The molecule has 2 aromatic rings. The Bertz CT molecular complexity index is 634. The van der Waals surface area contributed by atoms with Gasteiger partial charge in [0.2, 0.25) is 0 Å². The van der Waals surface area contributed by atoms with Gasteiger partial charge in [0.15, 0.2) is 0 Å². The minimum Gasteiger partial charge on any atom is -0.480 e. The molecule has 1 aromatic carbocycles. The van der Waals surface area contributed by atoms with E-state index < -0.39 is 12.0 Å². The fourth-order valence-corrected chi connectivity index (χ4v) is 1.96. The largest absolute Gasteiger partial charge is 0.480 e. The number of ether oxygens (including phenoxy) is 1. The number of rotatable bonds is 4. The Morgan fingerprint density at radius 1 is 1.32 bits per heavy atom. The summed E-state index contributed by atoms with van der Waals surface area (Å²) in [5.74, 6) is -1.18. The van der Waals surface area contributed by atoms with Gasteiger partial charge in [0, 0.05) is 30.4 Å². The van der Waals surface area contributed by atoms with E-state index in [0.717, 1.165) is 16.5 Å². The summed E-state index contributed by atoms with van der Waals surface area (Å²) < 4.78 is 4.61. The Morgan fingerprint density at radius 2 is 1.95 bits per heavy atom. The van der Waals surface area contributed by atoms with Crippen molar-refractivity contribution in [2.45, 2.75) is 39.3 Å². The maximum absolute atomic E-state index is 10.6. The highest BCUT2D eigenvalue weighted by Crippen LogP contribution is 2.18. The molecule has 0 saturated heterocycles. The van der Waals surface area contributed by atoms with Crippen LogP contribution in [-0.4, -0.2) is 34.2 Å². The fraction of sp³-hybridized carbons (Fsp3) is 0.375. The van der Waals surface area contributed by atoms with Gasteiger partial charge in [-0.05, 0) is 25.5 Å². The van der Waals surface area contributed by atoms with E-state index >= 15 is 0 Å². The second kappa shape index (κ2) is 8.19. The lowest BCUT2D eigenvalue weighted by Gasteiger charge is -2.04. The highest BCUT2D eigenvalue weighted by atomic mass is 16.5. The average Bonchev–Trinajstić information content (AvgIpc) is 2.81. The second-order valence-electron chi connectivity index (χ2n) is 5.17. The topological polar surface area (TPSA) is 105 Å². The van der Waals surface area contributed by atoms with Crippen LogP contribution in [0.25, 0.3) is 10.9 Å². The number of carbonyl (C=O) groups excluding carboxylic acids is 1. The summed E-state index contributed by atoms with van der Waals surface area (Å²) in [6, 6.07) is 6.91. The number of H-pyrrole nitrogens is 1. The summed E-state index contributed by atoms with van der Waals surface area (Å²) in [5, 5.41) is 9.75. The quantitative estimate of drug-likeness (QED) is 0.750. The summed E-state index contributed by atoms with van der Waals surface area (Å²) in [4.78, 5) is 23.7. The predicted octanol–water partition coefficient (Wildman–Crippen LogP) is 2.08. The van der Waals surface area contributed by atoms with Gasteiger partial charge in [-0.1, -0.05) is 18.2 Å². The molecule has 0 bridgehead atoms. The molecule has 0 saturated carbocycles. The van der Waals surface area contributed by atoms with Crippen LogP contribution in [0.3, 0.4) is 0 Å². The zero-order valence-corrected chi connectivity index (χ0v) is 13.0. The van der Waals surface area contributed by atoms with Gasteiger partial charge in [-0.3, -0.25) is 9.59 Å². The first-order valence-corrected chi connectivity index (χ1v) is 7.01. The number of aromatic amines is 1. The second-order valence-corrected chi connectivity index (χ2v) is 5.17. The van der Waals surface area contributed by atoms with Gasteiger partial charge in [-0.15, -0.1) is 0 Å². The first-order valence-electron chi connectivity index (χ1n) is 7.01. The number of carboxylic acid groups (broad SMARTS) is 1. The summed E-state index contributed by atoms with van der Waals surface area (Å²) in [5.41, 5.74) is 7.43. The summed E-state index contributed by atoms with van der Waals surface area (Å²) in [6.07, 6.45) is 2.18. The number of esters is 1. The standard InChI is InChI=1S/C11H12N2O2.C5H10O2/c12-9(11(14)15)5-7-6-13-10-4-2-1-3-8(7)10;1-4(2)7-5(3)6/h1-4,6,9,13H,5,12H2,(H,14,15);4H,1-3H3. The van der Waals surface area contributed by atoms with Crippen molar-refractivity contribution in [1.29, 1.82) is 0 Å². The Labute approximate surface area is 129 Å². The normalized spacial score (nSPS) is 11.7. The molecule has 6 nitrogen and oxygen atoms in total. The third-order valence-corrected chi connectivity index (χ3v) is 2.83. The van der Waals surface area contributed by atoms with E-state index in [4.69, 9.17) is 10.8 Å². The van der Waals surface area contributed by atoms with Crippen LogP contribution >= 0.6 is 0 Å². The van der Waals surface area contributed by atoms with Crippen molar-refractivity contribution < 1.29 is 19.4 Å². The summed E-state index contributed by atoms with van der Waals surface area (Å²) in [6.45, 7) is 5.04. The number of hydrogen-bond acceptors (Lipinski definition) is 4. The first kappa shape index (κ1) is 17.7. The van der Waals surface area contributed by atoms with Crippen LogP contribution in [0.2, 0.25) is 0 Å². The number of benzene rings is 1. The first-order chi connectivity index (χ1) is 10.3. The maximum Gasteiger partial charge on any atom is 0.320 e. The molecule has 2 rings (SSSR count). The van der Waals surface area contributed by atoms with Crippen molar-refractivity contribution in [3.05, 3.63) is 36.0 Å². The molecule has 4 N–H and O–H groups in total. The van der Waals surface area contributed by atoms with Crippen molar-refractivity contribution in [2.24, 2.45) is 5.73 Å². The van der Waals surface area contributed by atoms with Crippen molar-refractivity contribution in [2.75, 3.05) is 0 Å². The number of nitrogens with one attached hydrogen (secondary N) is 1. The van der Waals surface area contributed by atoms with Gasteiger partial charge in [0.05, 0.1) is 6.10 Å². The molecular formula is C16H22N2O4. The molecule has 0 radical (unpaired) electrons. The highest BCUT2D eigenvalue weighted by Gasteiger charge is 2.14. The molecule has 1 unspecified atom stereocenters. The van der Waals surface area contributed by atoms with Gasteiger partial charge in [0.25, 0.3) is 0 Å². The molecular weight excluding hydrogens is 284 g/mol. The molecule has 1 aromatic heterocycles. The molecule has 0 aliphatic carbocycles. The number of aromatic nitrogens is 1. The highest BCUT2D eigenvalue weighted by molar-refractivity contribution is 5.84. The van der Waals surface area contributed by atoms with E-state index in [0.29, 0.717) is 6.42 Å². The van der Waals surface area contributed by atoms with Gasteiger partial charge >= 0.3 is 11.9 Å². The van der Waals surface area contributed by atoms with Crippen LogP contribution in [0.15, 0.2) is 30.5 Å². The Hall–Kier alpha value is -2.34. The third-order valence-electron chi connectivity index (χ3n) is 2.83. The fourth-order valence-electron chi connectivity index (χ4n) is 1.96. The van der Waals surface area contributed by atoms with Gasteiger partial charge in [-0.2, -0.15) is 0 Å². The third kappa shape index (κ3) is 5.57. The number of carboxylic acids is 1. The lowest BCUT2D eigenvalue weighted by molar-refractivity contribution is -0.144. The average molecular weight is 306 g/mol. The molecule has 0 amide bonds. The molecule has 0 fully saturated rings. The van der Waals surface area contributed by atoms with Crippen molar-refractivity contribution in [3.8, 4) is 0 Å². The van der Waals surface area contributed by atoms with Gasteiger partial charge < -0.3 is 20.6 Å². The van der Waals surface area contributed by atoms with Crippen molar-refractivity contribution in [1.82, 2.24) is 4.98 Å². The number of aliphatic carboxylic acids is 1. The molecule has 22 heavy (non-hydrogen) atoms. The van der Waals surface area contributed by atoms with Crippen molar-refractivity contribution in [3.63, 3.8) is 0 Å². The summed E-state index contributed by atoms with van der Waals surface area (Å²) in [7, 11) is 0. The SMILES string of the molecule is CC(=O)OC(C)C.NC(Cc1c[nH]c2ccccc12)C(=O)O. The monoisotopic (exact) mass is 306 g/mol. The van der Waals surface area contributed by atoms with Gasteiger partial charge in [-0.25, -0.2) is 0 Å². The molecule has 1 heterocycles. The Kier molecular flexibility index (Phi) is 6.59. The van der Waals surface area contributed by atoms with E-state index in [1.165, 1.54) is 6.92 Å². The van der Waals surface area contributed by atoms with E-state index in [2.05, 4.69) is 9.72 Å². The zero-order chi connectivity index (χ0) is 16.7. The minimum absolute atomic E-state index is 0.0255. The maximum atomic E-state index is 10.6. The smallest absolute Gasteiger partial charge is 0.320 e. The lowest BCUT2D eigenvalue weighted by Crippen LogP contribution is -2.32. The van der Waals surface area contributed by atoms with Gasteiger partial charge in [0.1, 0.15) is 6.04 Å². The van der Waals surface area contributed by atoms with Crippen LogP contribution in [0.1, 0.15) is 26.3 Å². The number of hydrogen-bond donors (Lipinski definition) is 3. The molecule has 0 aliphatic heterocycles. The lowest BCUT2D eigenvalue weighted by atomic mass is 10.1. The van der Waals surface area contributed by atoms with E-state index in [1.807, 2.05) is 44.3 Å². The predicted molar refractivity (Wildman–Crippen MR) is 84.5 cm³/mol. The van der Waals surface area contributed by atoms with Crippen molar-refractivity contribution >= 4 is 22.8 Å². The molecule has 0 spiro atoms. The number of fused-ring (bicyclic) bond motifs is 1. The number of carbonyl (C=O) groups is 2. The van der Waals surface area contributed by atoms with Crippen LogP contribution in [0, 0.1) is 0 Å². The Balaban J connectivity index is 0.000000295. The summed E-state index contributed by atoms with van der Waals surface area (Å²) >= 11 is 0. The van der Waals surface area contributed by atoms with E-state index in [-0.39, 0.29) is 12.1 Å². The Morgan fingerprint density at radius 3 is 2.45 bits per heavy atom. The minimum atomic E-state index is -0.972. The van der Waals surface area contributed by atoms with Crippen LogP contribution in [0.4, 0.5) is 0 Å². The molecule has 6 heteroatoms. The molecule has 120 valence electrons. The van der Waals surface area contributed by atoms with Crippen LogP contribution in [-0.2, 0) is 20.7 Å².